The molecule has 0 spiro atoms. The van der Waals surface area contributed by atoms with E-state index in [1.165, 1.54) is 0 Å². The Hall–Kier alpha value is -0.830. The maximum absolute atomic E-state index is 11.8. The molecule has 0 aromatic heterocycles. The van der Waals surface area contributed by atoms with Crippen LogP contribution in [0.4, 0.5) is 13.2 Å². The fraction of sp³-hybridized carbons (Fsp3) is 0.875. The first kappa shape index (κ1) is 16.2. The van der Waals surface area contributed by atoms with Crippen LogP contribution >= 0.6 is 0 Å². The first-order chi connectivity index (χ1) is 7.62. The molecule has 0 bridgehead atoms. The van der Waals surface area contributed by atoms with Crippen molar-refractivity contribution in [1.82, 2.24) is 0 Å². The van der Waals surface area contributed by atoms with Crippen molar-refractivity contribution in [2.24, 2.45) is 5.92 Å². The Labute approximate surface area is 97.0 Å². The van der Waals surface area contributed by atoms with Gasteiger partial charge in [-0.25, -0.2) is 0 Å². The van der Waals surface area contributed by atoms with Gasteiger partial charge in [0.05, 0.1) is 5.92 Å². The van der Waals surface area contributed by atoms with E-state index >= 15 is 0 Å². The molecular weight excluding hydrogens is 265 g/mol. The SMILES string of the molecule is CCC(C)C(=O)OCCOS(=O)(=O)C(F)(F)F. The first-order valence-electron chi connectivity index (χ1n) is 4.74. The summed E-state index contributed by atoms with van der Waals surface area (Å²) in [6.07, 6.45) is 0.514. The number of hydrogen-bond donors (Lipinski definition) is 0. The van der Waals surface area contributed by atoms with E-state index in [4.69, 9.17) is 0 Å². The predicted molar refractivity (Wildman–Crippen MR) is 51.3 cm³/mol. The smallest absolute Gasteiger partial charge is 0.463 e. The number of ether oxygens (including phenoxy) is 1. The third kappa shape index (κ3) is 5.35. The monoisotopic (exact) mass is 278 g/mol. The zero-order chi connectivity index (χ0) is 13.7. The van der Waals surface area contributed by atoms with Crippen LogP contribution in [0.3, 0.4) is 0 Å². The van der Waals surface area contributed by atoms with Crippen molar-refractivity contribution >= 4 is 16.1 Å². The van der Waals surface area contributed by atoms with E-state index in [-0.39, 0.29) is 0 Å². The molecule has 0 aliphatic heterocycles. The van der Waals surface area contributed by atoms with Crippen LogP contribution in [0.1, 0.15) is 20.3 Å². The van der Waals surface area contributed by atoms with Crippen molar-refractivity contribution in [3.8, 4) is 0 Å². The quantitative estimate of drug-likeness (QED) is 0.318. The molecule has 0 rings (SSSR count). The van der Waals surface area contributed by atoms with Gasteiger partial charge in [-0.3, -0.25) is 8.98 Å². The Bertz CT molecular complexity index is 349. The number of carbonyl (C=O) groups is 1. The zero-order valence-corrected chi connectivity index (χ0v) is 10.1. The molecule has 0 aromatic carbocycles. The summed E-state index contributed by atoms with van der Waals surface area (Å²) >= 11 is 0. The van der Waals surface area contributed by atoms with E-state index in [1.54, 1.807) is 13.8 Å². The summed E-state index contributed by atoms with van der Waals surface area (Å²) in [5.41, 5.74) is -5.46. The minimum absolute atomic E-state index is 0.394. The molecule has 102 valence electrons. The number of alkyl halides is 3. The van der Waals surface area contributed by atoms with Gasteiger partial charge in [-0.05, 0) is 6.42 Å². The maximum Gasteiger partial charge on any atom is 0.523 e. The van der Waals surface area contributed by atoms with E-state index in [0.717, 1.165) is 0 Å². The molecule has 0 fully saturated rings. The van der Waals surface area contributed by atoms with Gasteiger partial charge in [0, 0.05) is 0 Å². The van der Waals surface area contributed by atoms with Gasteiger partial charge in [0.1, 0.15) is 13.2 Å². The maximum atomic E-state index is 11.8. The van der Waals surface area contributed by atoms with Gasteiger partial charge < -0.3 is 4.74 Å². The Kier molecular flexibility index (Phi) is 5.89. The Balaban J connectivity index is 3.99. The van der Waals surface area contributed by atoms with Crippen molar-refractivity contribution in [2.75, 3.05) is 13.2 Å². The van der Waals surface area contributed by atoms with Crippen LogP contribution in [-0.2, 0) is 23.8 Å². The minimum Gasteiger partial charge on any atom is -0.463 e. The fourth-order valence-corrected chi connectivity index (χ4v) is 1.08. The van der Waals surface area contributed by atoms with Gasteiger partial charge in [-0.1, -0.05) is 13.8 Å². The fourth-order valence-electron chi connectivity index (χ4n) is 0.662. The van der Waals surface area contributed by atoms with Crippen LogP contribution in [0.5, 0.6) is 0 Å². The summed E-state index contributed by atoms with van der Waals surface area (Å²) in [4.78, 5) is 11.0. The van der Waals surface area contributed by atoms with E-state index in [1.807, 2.05) is 0 Å². The van der Waals surface area contributed by atoms with Crippen LogP contribution < -0.4 is 0 Å². The van der Waals surface area contributed by atoms with Crippen LogP contribution in [0.2, 0.25) is 0 Å². The Morgan fingerprint density at radius 1 is 1.29 bits per heavy atom. The summed E-state index contributed by atoms with van der Waals surface area (Å²) < 4.78 is 64.3. The molecule has 0 aliphatic carbocycles. The van der Waals surface area contributed by atoms with Crippen molar-refractivity contribution in [2.45, 2.75) is 25.8 Å². The molecule has 0 heterocycles. The first-order valence-corrected chi connectivity index (χ1v) is 6.15. The molecule has 1 unspecified atom stereocenters. The largest absolute Gasteiger partial charge is 0.523 e. The minimum atomic E-state index is -5.61. The normalized spacial score (nSPS) is 14.4. The van der Waals surface area contributed by atoms with Gasteiger partial charge in [-0.15, -0.1) is 0 Å². The Morgan fingerprint density at radius 2 is 1.82 bits per heavy atom. The average molecular weight is 278 g/mol. The highest BCUT2D eigenvalue weighted by Crippen LogP contribution is 2.24. The lowest BCUT2D eigenvalue weighted by molar-refractivity contribution is -0.148. The number of hydrogen-bond acceptors (Lipinski definition) is 5. The topological polar surface area (TPSA) is 69.7 Å². The standard InChI is InChI=1S/C8H13F3O5S/c1-3-6(2)7(12)15-4-5-16-17(13,14)8(9,10)11/h6H,3-5H2,1-2H3. The molecule has 1 atom stereocenters. The molecule has 17 heavy (non-hydrogen) atoms. The third-order valence-electron chi connectivity index (χ3n) is 1.86. The molecule has 5 nitrogen and oxygen atoms in total. The molecule has 0 aliphatic rings. The van der Waals surface area contributed by atoms with Crippen molar-refractivity contribution in [3.63, 3.8) is 0 Å². The molecule has 9 heteroatoms. The lowest BCUT2D eigenvalue weighted by Gasteiger charge is -2.10. The molecule has 0 N–H and O–H groups in total. The van der Waals surface area contributed by atoms with Crippen molar-refractivity contribution in [1.29, 1.82) is 0 Å². The predicted octanol–water partition coefficient (Wildman–Crippen LogP) is 1.44. The highest BCUT2D eigenvalue weighted by molar-refractivity contribution is 7.87. The van der Waals surface area contributed by atoms with E-state index in [9.17, 15) is 26.4 Å². The number of esters is 1. The molecule has 0 saturated heterocycles. The number of rotatable bonds is 6. The van der Waals surface area contributed by atoms with Gasteiger partial charge in [0.2, 0.25) is 0 Å². The lowest BCUT2D eigenvalue weighted by Crippen LogP contribution is -2.27. The highest BCUT2D eigenvalue weighted by atomic mass is 32.2. The van der Waals surface area contributed by atoms with Crippen LogP contribution in [0.25, 0.3) is 0 Å². The number of halogens is 3. The number of carbonyl (C=O) groups excluding carboxylic acids is 1. The van der Waals surface area contributed by atoms with Gasteiger partial charge >= 0.3 is 21.6 Å². The second-order valence-electron chi connectivity index (χ2n) is 3.20. The van der Waals surface area contributed by atoms with E-state index in [2.05, 4.69) is 8.92 Å². The van der Waals surface area contributed by atoms with E-state index < -0.39 is 40.7 Å². The van der Waals surface area contributed by atoms with Crippen molar-refractivity contribution < 1.29 is 35.3 Å². The Morgan fingerprint density at radius 3 is 2.24 bits per heavy atom. The molecule has 0 amide bonds. The second-order valence-corrected chi connectivity index (χ2v) is 4.81. The summed E-state index contributed by atoms with van der Waals surface area (Å²) in [7, 11) is -5.61. The van der Waals surface area contributed by atoms with Crippen LogP contribution in [-0.4, -0.2) is 33.1 Å². The molecular formula is C8H13F3O5S. The van der Waals surface area contributed by atoms with E-state index in [0.29, 0.717) is 6.42 Å². The highest BCUT2D eigenvalue weighted by Gasteiger charge is 2.47. The summed E-state index contributed by atoms with van der Waals surface area (Å²) in [6, 6.07) is 0. The second kappa shape index (κ2) is 6.20. The lowest BCUT2D eigenvalue weighted by atomic mass is 10.1. The molecule has 0 aromatic rings. The summed E-state index contributed by atoms with van der Waals surface area (Å²) in [6.45, 7) is 1.91. The van der Waals surface area contributed by atoms with Crippen LogP contribution in [0.15, 0.2) is 0 Å². The van der Waals surface area contributed by atoms with Gasteiger partial charge in [0.15, 0.2) is 0 Å². The molecule has 0 radical (unpaired) electrons. The van der Waals surface area contributed by atoms with Gasteiger partial charge in [0.25, 0.3) is 0 Å². The average Bonchev–Trinajstić information content (AvgIpc) is 2.21. The van der Waals surface area contributed by atoms with Crippen molar-refractivity contribution in [3.05, 3.63) is 0 Å². The van der Waals surface area contributed by atoms with Gasteiger partial charge in [-0.2, -0.15) is 21.6 Å². The summed E-state index contributed by atoms with van der Waals surface area (Å²) in [5, 5.41) is 0. The molecule has 0 saturated carbocycles. The zero-order valence-electron chi connectivity index (χ0n) is 9.28. The third-order valence-corrected chi connectivity index (χ3v) is 2.91. The van der Waals surface area contributed by atoms with Crippen LogP contribution in [0, 0.1) is 5.92 Å². The summed E-state index contributed by atoms with van der Waals surface area (Å²) in [5.74, 6) is -1.00.